The molecule has 0 unspecified atom stereocenters. The number of anilines is 1. The summed E-state index contributed by atoms with van der Waals surface area (Å²) in [5.41, 5.74) is 0.678. The lowest BCUT2D eigenvalue weighted by Gasteiger charge is -2.22. The van der Waals surface area contributed by atoms with Crippen LogP contribution in [0.3, 0.4) is 0 Å². The Labute approximate surface area is 167 Å². The molecule has 7 nitrogen and oxygen atoms in total. The number of hydrogen-bond donors (Lipinski definition) is 1. The number of nitrogens with zero attached hydrogens (tertiary/aromatic N) is 1. The average molecular weight is 418 g/mol. The minimum Gasteiger partial charge on any atom is -0.467 e. The molecule has 1 aromatic heterocycles. The van der Waals surface area contributed by atoms with Crippen LogP contribution in [0.25, 0.3) is 0 Å². The predicted molar refractivity (Wildman–Crippen MR) is 105 cm³/mol. The zero-order valence-corrected chi connectivity index (χ0v) is 16.4. The highest BCUT2D eigenvalue weighted by atomic mass is 32.2. The predicted octanol–water partition coefficient (Wildman–Crippen LogP) is 3.99. The molecule has 1 heterocycles. The summed E-state index contributed by atoms with van der Waals surface area (Å²) in [6, 6.07) is 15.1. The van der Waals surface area contributed by atoms with Crippen molar-refractivity contribution in [2.24, 2.45) is 0 Å². The lowest BCUT2D eigenvalue weighted by molar-refractivity contribution is 0.201. The van der Waals surface area contributed by atoms with E-state index in [-0.39, 0.29) is 24.5 Å². The number of rotatable bonds is 7. The number of para-hydroxylation sites is 1. The van der Waals surface area contributed by atoms with Crippen molar-refractivity contribution >= 4 is 21.8 Å². The first-order valence-electron chi connectivity index (χ1n) is 8.61. The number of halogens is 1. The third-order valence-corrected chi connectivity index (χ3v) is 4.34. The van der Waals surface area contributed by atoms with Crippen LogP contribution in [0, 0.1) is 5.82 Å². The smallest absolute Gasteiger partial charge is 0.322 e. The summed E-state index contributed by atoms with van der Waals surface area (Å²) in [5.74, 6) is 0.122. The molecule has 29 heavy (non-hydrogen) atoms. The minimum absolute atomic E-state index is 0.0519. The summed E-state index contributed by atoms with van der Waals surface area (Å²) in [5, 5.41) is 2.54. The fraction of sp³-hybridized carbons (Fsp3) is 0.150. The highest BCUT2D eigenvalue weighted by Gasteiger charge is 2.18. The van der Waals surface area contributed by atoms with Crippen molar-refractivity contribution in [1.29, 1.82) is 0 Å². The lowest BCUT2D eigenvalue weighted by Crippen LogP contribution is -2.34. The van der Waals surface area contributed by atoms with E-state index in [0.29, 0.717) is 11.3 Å². The molecule has 152 valence electrons. The van der Waals surface area contributed by atoms with Gasteiger partial charge in [0.2, 0.25) is 0 Å². The van der Waals surface area contributed by atoms with Crippen LogP contribution < -0.4 is 9.50 Å². The van der Waals surface area contributed by atoms with Gasteiger partial charge in [0.1, 0.15) is 17.3 Å². The van der Waals surface area contributed by atoms with Crippen LogP contribution in [-0.4, -0.2) is 25.6 Å². The van der Waals surface area contributed by atoms with Crippen molar-refractivity contribution in [3.63, 3.8) is 0 Å². The first-order valence-corrected chi connectivity index (χ1v) is 10.4. The normalized spacial score (nSPS) is 11.1. The number of hydrogen-bond acceptors (Lipinski definition) is 5. The molecule has 2 amide bonds. The minimum atomic E-state index is -3.67. The highest BCUT2D eigenvalue weighted by Crippen LogP contribution is 2.19. The molecule has 0 aliphatic heterocycles. The lowest BCUT2D eigenvalue weighted by atomic mass is 10.2. The van der Waals surface area contributed by atoms with E-state index >= 15 is 0 Å². The van der Waals surface area contributed by atoms with Crippen LogP contribution in [0.1, 0.15) is 11.3 Å². The van der Waals surface area contributed by atoms with E-state index in [2.05, 4.69) is 5.32 Å². The Kier molecular flexibility index (Phi) is 6.18. The quantitative estimate of drug-likeness (QED) is 0.586. The molecule has 0 fully saturated rings. The summed E-state index contributed by atoms with van der Waals surface area (Å²) in [4.78, 5) is 14.2. The van der Waals surface area contributed by atoms with Crippen LogP contribution in [0.15, 0.2) is 71.3 Å². The Balaban J connectivity index is 1.81. The van der Waals surface area contributed by atoms with Gasteiger partial charge in [-0.05, 0) is 42.0 Å². The molecule has 0 spiro atoms. The molecule has 9 heteroatoms. The maximum absolute atomic E-state index is 13.9. The number of furan rings is 1. The molecule has 0 bridgehead atoms. The highest BCUT2D eigenvalue weighted by molar-refractivity contribution is 7.86. The van der Waals surface area contributed by atoms with Crippen molar-refractivity contribution < 1.29 is 26.2 Å². The fourth-order valence-corrected chi connectivity index (χ4v) is 3.09. The van der Waals surface area contributed by atoms with Gasteiger partial charge in [-0.15, -0.1) is 0 Å². The van der Waals surface area contributed by atoms with Gasteiger partial charge in [0, 0.05) is 6.54 Å². The van der Waals surface area contributed by atoms with Crippen LogP contribution in [0.2, 0.25) is 0 Å². The SMILES string of the molecule is CS(=O)(=O)Oc1cccc(CN(Cc2ccco2)C(=O)Nc2ccccc2F)c1. The molecule has 0 saturated heterocycles. The van der Waals surface area contributed by atoms with Crippen LogP contribution in [0.4, 0.5) is 14.9 Å². The Morgan fingerprint density at radius 1 is 1.10 bits per heavy atom. The number of carbonyl (C=O) groups excluding carboxylic acids is 1. The Hall–Kier alpha value is -3.33. The molecule has 0 aliphatic rings. The number of carbonyl (C=O) groups is 1. The molecule has 3 rings (SSSR count). The van der Waals surface area contributed by atoms with Crippen molar-refractivity contribution in [3.05, 3.63) is 84.1 Å². The summed E-state index contributed by atoms with van der Waals surface area (Å²) in [6.07, 6.45) is 2.44. The van der Waals surface area contributed by atoms with Crippen LogP contribution in [-0.2, 0) is 23.2 Å². The molecule has 0 aliphatic carbocycles. The molecular weight excluding hydrogens is 399 g/mol. The molecule has 0 radical (unpaired) electrons. The van der Waals surface area contributed by atoms with Crippen molar-refractivity contribution in [3.8, 4) is 5.75 Å². The van der Waals surface area contributed by atoms with Crippen LogP contribution in [0.5, 0.6) is 5.75 Å². The van der Waals surface area contributed by atoms with E-state index in [0.717, 1.165) is 6.26 Å². The number of amides is 2. The van der Waals surface area contributed by atoms with Gasteiger partial charge >= 0.3 is 16.1 Å². The standard InChI is InChI=1S/C20H19FN2O5S/c1-29(25,26)28-16-7-4-6-15(12-16)13-23(14-17-8-5-11-27-17)20(24)22-19-10-3-2-9-18(19)21/h2-12H,13-14H2,1H3,(H,22,24). The molecule has 0 atom stereocenters. The van der Waals surface area contributed by atoms with Crippen molar-refractivity contribution in [2.45, 2.75) is 13.1 Å². The second-order valence-electron chi connectivity index (χ2n) is 6.28. The first kappa shape index (κ1) is 20.4. The number of benzene rings is 2. The summed E-state index contributed by atoms with van der Waals surface area (Å²) in [7, 11) is -3.67. The van der Waals surface area contributed by atoms with E-state index in [4.69, 9.17) is 8.60 Å². The summed E-state index contributed by atoms with van der Waals surface area (Å²) in [6.45, 7) is 0.242. The zero-order valence-electron chi connectivity index (χ0n) is 15.5. The van der Waals surface area contributed by atoms with Gasteiger partial charge in [0.15, 0.2) is 0 Å². The molecule has 3 aromatic rings. The maximum Gasteiger partial charge on any atom is 0.322 e. The van der Waals surface area contributed by atoms with Gasteiger partial charge in [-0.2, -0.15) is 8.42 Å². The summed E-state index contributed by atoms with van der Waals surface area (Å²) < 4.78 is 46.8. The third kappa shape index (κ3) is 6.08. The van der Waals surface area contributed by atoms with Gasteiger partial charge in [0.25, 0.3) is 0 Å². The molecular formula is C20H19FN2O5S. The zero-order chi connectivity index (χ0) is 20.9. The largest absolute Gasteiger partial charge is 0.467 e. The fourth-order valence-electron chi connectivity index (χ4n) is 2.64. The average Bonchev–Trinajstić information content (AvgIpc) is 3.15. The van der Waals surface area contributed by atoms with Gasteiger partial charge in [0.05, 0.1) is 24.8 Å². The second kappa shape index (κ2) is 8.78. The van der Waals surface area contributed by atoms with Crippen molar-refractivity contribution in [1.82, 2.24) is 4.90 Å². The van der Waals surface area contributed by atoms with E-state index in [1.807, 2.05) is 0 Å². The molecule has 1 N–H and O–H groups in total. The molecule has 2 aromatic carbocycles. The number of nitrogens with one attached hydrogen (secondary N) is 1. The van der Waals surface area contributed by atoms with E-state index in [1.54, 1.807) is 30.3 Å². The van der Waals surface area contributed by atoms with E-state index in [1.165, 1.54) is 41.5 Å². The van der Waals surface area contributed by atoms with Gasteiger partial charge in [-0.3, -0.25) is 0 Å². The van der Waals surface area contributed by atoms with Gasteiger partial charge < -0.3 is 18.8 Å². The van der Waals surface area contributed by atoms with E-state index in [9.17, 15) is 17.6 Å². The second-order valence-corrected chi connectivity index (χ2v) is 7.86. The van der Waals surface area contributed by atoms with Crippen molar-refractivity contribution in [2.75, 3.05) is 11.6 Å². The van der Waals surface area contributed by atoms with Gasteiger partial charge in [-0.1, -0.05) is 24.3 Å². The summed E-state index contributed by atoms with van der Waals surface area (Å²) >= 11 is 0. The first-order chi connectivity index (χ1) is 13.8. The maximum atomic E-state index is 13.9. The topological polar surface area (TPSA) is 88.9 Å². The Morgan fingerprint density at radius 3 is 2.59 bits per heavy atom. The molecule has 0 saturated carbocycles. The van der Waals surface area contributed by atoms with E-state index < -0.39 is 22.0 Å². The third-order valence-electron chi connectivity index (χ3n) is 3.85. The monoisotopic (exact) mass is 418 g/mol. The van der Waals surface area contributed by atoms with Gasteiger partial charge in [-0.25, -0.2) is 9.18 Å². The Bertz CT molecular complexity index is 1080. The Morgan fingerprint density at radius 2 is 1.90 bits per heavy atom. The van der Waals surface area contributed by atoms with Crippen LogP contribution >= 0.6 is 0 Å². The number of urea groups is 1.